The van der Waals surface area contributed by atoms with Crippen LogP contribution in [0.2, 0.25) is 5.15 Å². The summed E-state index contributed by atoms with van der Waals surface area (Å²) >= 11 is 5.79. The average Bonchev–Trinajstić information content (AvgIpc) is 2.37. The first-order chi connectivity index (χ1) is 9.94. The van der Waals surface area contributed by atoms with Crippen molar-refractivity contribution in [1.29, 1.82) is 0 Å². The number of anilines is 3. The first-order valence-electron chi connectivity index (χ1n) is 5.99. The molecule has 2 rings (SSSR count). The fourth-order valence-electron chi connectivity index (χ4n) is 1.71. The fourth-order valence-corrected chi connectivity index (χ4v) is 1.92. The predicted molar refractivity (Wildman–Crippen MR) is 80.2 cm³/mol. The van der Waals surface area contributed by atoms with E-state index in [2.05, 4.69) is 15.6 Å². The fraction of sp³-hybridized carbons (Fsp3) is 0.0714. The Morgan fingerprint density at radius 1 is 1.19 bits per heavy atom. The molecular formula is C14H12ClN3O3. The lowest BCUT2D eigenvalue weighted by Gasteiger charge is -2.09. The summed E-state index contributed by atoms with van der Waals surface area (Å²) in [4.78, 5) is 26.0. The molecule has 1 amide bonds. The minimum atomic E-state index is -1.09. The second-order valence-corrected chi connectivity index (χ2v) is 4.64. The maximum absolute atomic E-state index is 11.0. The zero-order valence-electron chi connectivity index (χ0n) is 11.1. The van der Waals surface area contributed by atoms with E-state index < -0.39 is 5.97 Å². The number of nitrogens with zero attached hydrogens (tertiary/aromatic N) is 1. The molecule has 0 aliphatic carbocycles. The van der Waals surface area contributed by atoms with Gasteiger partial charge in [0.25, 0.3) is 0 Å². The van der Waals surface area contributed by atoms with Crippen molar-refractivity contribution >= 4 is 40.7 Å². The molecule has 0 fully saturated rings. The largest absolute Gasteiger partial charge is 0.478 e. The van der Waals surface area contributed by atoms with E-state index in [0.717, 1.165) is 0 Å². The van der Waals surface area contributed by atoms with Crippen LogP contribution in [-0.2, 0) is 4.79 Å². The molecule has 1 aromatic carbocycles. The van der Waals surface area contributed by atoms with Gasteiger partial charge in [0.2, 0.25) is 5.91 Å². The number of hydrogen-bond acceptors (Lipinski definition) is 4. The third-order valence-corrected chi connectivity index (χ3v) is 2.69. The highest BCUT2D eigenvalue weighted by Gasteiger charge is 2.08. The van der Waals surface area contributed by atoms with E-state index >= 15 is 0 Å². The summed E-state index contributed by atoms with van der Waals surface area (Å²) in [7, 11) is 0. The minimum Gasteiger partial charge on any atom is -0.478 e. The van der Waals surface area contributed by atoms with Crippen molar-refractivity contribution in [2.45, 2.75) is 6.92 Å². The third-order valence-electron chi connectivity index (χ3n) is 2.50. The number of rotatable bonds is 4. The molecule has 3 N–H and O–H groups in total. The molecule has 7 heteroatoms. The molecule has 21 heavy (non-hydrogen) atoms. The third kappa shape index (κ3) is 4.19. The Hall–Kier alpha value is -2.60. The maximum atomic E-state index is 11.0. The zero-order chi connectivity index (χ0) is 15.4. The molecule has 1 aromatic heterocycles. The molecular weight excluding hydrogens is 294 g/mol. The van der Waals surface area contributed by atoms with Gasteiger partial charge in [0.15, 0.2) is 0 Å². The SMILES string of the molecule is CC(=O)Nc1cccc(Nc2cc(C(=O)O)cc(Cl)n2)c1. The van der Waals surface area contributed by atoms with Gasteiger partial charge < -0.3 is 15.7 Å². The van der Waals surface area contributed by atoms with Crippen LogP contribution in [0.1, 0.15) is 17.3 Å². The Morgan fingerprint density at radius 2 is 1.90 bits per heavy atom. The molecule has 0 aliphatic heterocycles. The summed E-state index contributed by atoms with van der Waals surface area (Å²) in [6.45, 7) is 1.41. The van der Waals surface area contributed by atoms with E-state index in [1.807, 2.05) is 0 Å². The summed E-state index contributed by atoms with van der Waals surface area (Å²) in [5.41, 5.74) is 1.30. The Labute approximate surface area is 125 Å². The second kappa shape index (κ2) is 6.23. The highest BCUT2D eigenvalue weighted by Crippen LogP contribution is 2.21. The van der Waals surface area contributed by atoms with Gasteiger partial charge in [-0.3, -0.25) is 4.79 Å². The molecule has 1 heterocycles. The number of aromatic carboxylic acids is 1. The average molecular weight is 306 g/mol. The summed E-state index contributed by atoms with van der Waals surface area (Å²) in [6, 6.07) is 9.58. The Balaban J connectivity index is 2.25. The van der Waals surface area contributed by atoms with E-state index in [-0.39, 0.29) is 16.6 Å². The Kier molecular flexibility index (Phi) is 4.39. The zero-order valence-corrected chi connectivity index (χ0v) is 11.8. The smallest absolute Gasteiger partial charge is 0.335 e. The lowest BCUT2D eigenvalue weighted by atomic mass is 10.2. The molecule has 108 valence electrons. The van der Waals surface area contributed by atoms with Crippen molar-refractivity contribution in [1.82, 2.24) is 4.98 Å². The predicted octanol–water partition coefficient (Wildman–Crippen LogP) is 3.14. The number of carboxylic acids is 1. The number of aromatic nitrogens is 1. The summed E-state index contributed by atoms with van der Waals surface area (Å²) in [5.74, 6) is -0.963. The first kappa shape index (κ1) is 14.8. The van der Waals surface area contributed by atoms with Crippen molar-refractivity contribution in [2.24, 2.45) is 0 Å². The molecule has 0 radical (unpaired) electrons. The quantitative estimate of drug-likeness (QED) is 0.755. The molecule has 0 saturated heterocycles. The van der Waals surface area contributed by atoms with Crippen LogP contribution in [0, 0.1) is 0 Å². The number of halogens is 1. The molecule has 0 unspecified atom stereocenters. The topological polar surface area (TPSA) is 91.3 Å². The van der Waals surface area contributed by atoms with Crippen LogP contribution in [0.25, 0.3) is 0 Å². The van der Waals surface area contributed by atoms with Gasteiger partial charge in [0.05, 0.1) is 5.56 Å². The van der Waals surface area contributed by atoms with E-state index in [1.165, 1.54) is 19.1 Å². The number of benzene rings is 1. The molecule has 6 nitrogen and oxygen atoms in total. The van der Waals surface area contributed by atoms with Gasteiger partial charge in [0, 0.05) is 18.3 Å². The number of nitrogens with one attached hydrogen (secondary N) is 2. The number of hydrogen-bond donors (Lipinski definition) is 3. The summed E-state index contributed by atoms with van der Waals surface area (Å²) in [6.07, 6.45) is 0. The van der Waals surface area contributed by atoms with Crippen molar-refractivity contribution in [2.75, 3.05) is 10.6 Å². The molecule has 0 bridgehead atoms. The molecule has 0 saturated carbocycles. The second-order valence-electron chi connectivity index (χ2n) is 4.26. The van der Waals surface area contributed by atoms with Gasteiger partial charge in [-0.05, 0) is 30.3 Å². The van der Waals surface area contributed by atoms with Crippen LogP contribution in [0.15, 0.2) is 36.4 Å². The van der Waals surface area contributed by atoms with Crippen molar-refractivity contribution in [3.05, 3.63) is 47.1 Å². The monoisotopic (exact) mass is 305 g/mol. The molecule has 0 aliphatic rings. The lowest BCUT2D eigenvalue weighted by molar-refractivity contribution is -0.114. The Bertz CT molecular complexity index is 704. The highest BCUT2D eigenvalue weighted by molar-refractivity contribution is 6.29. The van der Waals surface area contributed by atoms with E-state index in [4.69, 9.17) is 16.7 Å². The lowest BCUT2D eigenvalue weighted by Crippen LogP contribution is -2.06. The van der Waals surface area contributed by atoms with Crippen LogP contribution < -0.4 is 10.6 Å². The Morgan fingerprint density at radius 3 is 2.57 bits per heavy atom. The van der Waals surface area contributed by atoms with Crippen LogP contribution in [-0.4, -0.2) is 22.0 Å². The number of pyridine rings is 1. The number of carboxylic acid groups (broad SMARTS) is 1. The van der Waals surface area contributed by atoms with Gasteiger partial charge in [-0.15, -0.1) is 0 Å². The van der Waals surface area contributed by atoms with Gasteiger partial charge in [-0.25, -0.2) is 9.78 Å². The molecule has 0 spiro atoms. The van der Waals surface area contributed by atoms with Gasteiger partial charge >= 0.3 is 5.97 Å². The first-order valence-corrected chi connectivity index (χ1v) is 6.37. The molecule has 2 aromatic rings. The number of carbonyl (C=O) groups is 2. The minimum absolute atomic E-state index is 0.0375. The van der Waals surface area contributed by atoms with E-state index in [9.17, 15) is 9.59 Å². The molecule has 0 atom stereocenters. The van der Waals surface area contributed by atoms with Gasteiger partial charge in [-0.1, -0.05) is 17.7 Å². The van der Waals surface area contributed by atoms with Crippen LogP contribution in [0.3, 0.4) is 0 Å². The van der Waals surface area contributed by atoms with Crippen LogP contribution >= 0.6 is 11.6 Å². The van der Waals surface area contributed by atoms with Gasteiger partial charge in [0.1, 0.15) is 11.0 Å². The standard InChI is InChI=1S/C14H12ClN3O3/c1-8(19)16-10-3-2-4-11(7-10)17-13-6-9(14(20)21)5-12(15)18-13/h2-7H,1H3,(H,16,19)(H,17,18)(H,20,21). The number of carbonyl (C=O) groups excluding carboxylic acids is 1. The van der Waals surface area contributed by atoms with Crippen molar-refractivity contribution in [3.63, 3.8) is 0 Å². The van der Waals surface area contributed by atoms with Crippen molar-refractivity contribution in [3.8, 4) is 0 Å². The highest BCUT2D eigenvalue weighted by atomic mass is 35.5. The van der Waals surface area contributed by atoms with E-state index in [0.29, 0.717) is 17.2 Å². The summed E-state index contributed by atoms with van der Waals surface area (Å²) in [5, 5.41) is 14.7. The normalized spacial score (nSPS) is 10.0. The number of amides is 1. The van der Waals surface area contributed by atoms with Crippen LogP contribution in [0.4, 0.5) is 17.2 Å². The maximum Gasteiger partial charge on any atom is 0.335 e. The van der Waals surface area contributed by atoms with Crippen LogP contribution in [0.5, 0.6) is 0 Å². The van der Waals surface area contributed by atoms with E-state index in [1.54, 1.807) is 24.3 Å². The van der Waals surface area contributed by atoms with Gasteiger partial charge in [-0.2, -0.15) is 0 Å². The summed E-state index contributed by atoms with van der Waals surface area (Å²) < 4.78 is 0. The van der Waals surface area contributed by atoms with Crippen molar-refractivity contribution < 1.29 is 14.7 Å².